The van der Waals surface area contributed by atoms with Gasteiger partial charge in [0.1, 0.15) is 0 Å². The van der Waals surface area contributed by atoms with Crippen LogP contribution in [0.25, 0.3) is 0 Å². The number of thioether (sulfide) groups is 1. The molecule has 2 rings (SSSR count). The first-order valence-corrected chi connectivity index (χ1v) is 11.5. The summed E-state index contributed by atoms with van der Waals surface area (Å²) < 4.78 is 27.8. The fourth-order valence-electron chi connectivity index (χ4n) is 2.15. The van der Waals surface area contributed by atoms with Gasteiger partial charge in [0.25, 0.3) is 0 Å². The van der Waals surface area contributed by atoms with Gasteiger partial charge in [-0.15, -0.1) is 11.8 Å². The average Bonchev–Trinajstić information content (AvgIpc) is 2.60. The molecule has 2 aromatic carbocycles. The van der Waals surface area contributed by atoms with E-state index >= 15 is 0 Å². The standard InChI is InChI=1S/C18H20Cl2N2O3S2/c1-11(2)18(23)22-16-9-14(6-7-17(16)26-3)27(24,25)21-10-12-4-5-13(19)8-15(12)20/h4-9,11,21H,10H2,1-3H3,(H,22,23). The molecule has 0 aliphatic heterocycles. The van der Waals surface area contributed by atoms with Crippen LogP contribution in [0.15, 0.2) is 46.2 Å². The lowest BCUT2D eigenvalue weighted by Crippen LogP contribution is -2.24. The molecule has 0 bridgehead atoms. The molecular weight excluding hydrogens is 427 g/mol. The zero-order valence-electron chi connectivity index (χ0n) is 15.0. The number of hydrogen-bond acceptors (Lipinski definition) is 4. The van der Waals surface area contributed by atoms with Crippen molar-refractivity contribution in [2.75, 3.05) is 11.6 Å². The molecule has 1 amide bonds. The molecule has 0 spiro atoms. The zero-order chi connectivity index (χ0) is 20.2. The van der Waals surface area contributed by atoms with Crippen molar-refractivity contribution in [3.05, 3.63) is 52.0 Å². The van der Waals surface area contributed by atoms with Gasteiger partial charge < -0.3 is 5.32 Å². The molecule has 2 aromatic rings. The van der Waals surface area contributed by atoms with Crippen molar-refractivity contribution >= 4 is 56.6 Å². The van der Waals surface area contributed by atoms with Gasteiger partial charge in [-0.3, -0.25) is 4.79 Å². The second-order valence-electron chi connectivity index (χ2n) is 6.07. The number of hydrogen-bond donors (Lipinski definition) is 2. The number of halogens is 2. The molecule has 0 radical (unpaired) electrons. The van der Waals surface area contributed by atoms with E-state index in [1.807, 2.05) is 6.26 Å². The zero-order valence-corrected chi connectivity index (χ0v) is 18.2. The highest BCUT2D eigenvalue weighted by Gasteiger charge is 2.18. The number of rotatable bonds is 7. The first-order valence-electron chi connectivity index (χ1n) is 8.06. The monoisotopic (exact) mass is 446 g/mol. The van der Waals surface area contributed by atoms with Crippen LogP contribution in [0.4, 0.5) is 5.69 Å². The molecule has 2 N–H and O–H groups in total. The van der Waals surface area contributed by atoms with Gasteiger partial charge >= 0.3 is 0 Å². The predicted octanol–water partition coefficient (Wildman–Crippen LogP) is 4.79. The van der Waals surface area contributed by atoms with E-state index < -0.39 is 10.0 Å². The Bertz CT molecular complexity index is 948. The van der Waals surface area contributed by atoms with Crippen molar-refractivity contribution in [1.29, 1.82) is 0 Å². The smallest absolute Gasteiger partial charge is 0.240 e. The molecule has 0 saturated heterocycles. The molecule has 0 aromatic heterocycles. The second-order valence-corrected chi connectivity index (χ2v) is 9.52. The summed E-state index contributed by atoms with van der Waals surface area (Å²) in [6, 6.07) is 9.49. The van der Waals surface area contributed by atoms with Crippen molar-refractivity contribution < 1.29 is 13.2 Å². The summed E-state index contributed by atoms with van der Waals surface area (Å²) in [5.41, 5.74) is 1.08. The van der Waals surface area contributed by atoms with Crippen LogP contribution in [0, 0.1) is 5.92 Å². The highest BCUT2D eigenvalue weighted by Crippen LogP contribution is 2.29. The Morgan fingerprint density at radius 1 is 1.15 bits per heavy atom. The summed E-state index contributed by atoms with van der Waals surface area (Å²) >= 11 is 13.4. The van der Waals surface area contributed by atoms with Crippen LogP contribution in [-0.2, 0) is 21.4 Å². The summed E-state index contributed by atoms with van der Waals surface area (Å²) in [4.78, 5) is 12.8. The average molecular weight is 447 g/mol. The van der Waals surface area contributed by atoms with Crippen LogP contribution in [0.1, 0.15) is 19.4 Å². The van der Waals surface area contributed by atoms with Gasteiger partial charge in [-0.25, -0.2) is 13.1 Å². The minimum Gasteiger partial charge on any atom is -0.325 e. The van der Waals surface area contributed by atoms with Gasteiger partial charge in [0.15, 0.2) is 0 Å². The van der Waals surface area contributed by atoms with E-state index in [9.17, 15) is 13.2 Å². The summed E-state index contributed by atoms with van der Waals surface area (Å²) in [5, 5.41) is 3.63. The molecule has 9 heteroatoms. The number of sulfonamides is 1. The summed E-state index contributed by atoms with van der Waals surface area (Å²) in [7, 11) is -3.79. The number of carbonyl (C=O) groups excluding carboxylic acids is 1. The van der Waals surface area contributed by atoms with Crippen molar-refractivity contribution in [3.63, 3.8) is 0 Å². The van der Waals surface area contributed by atoms with E-state index in [4.69, 9.17) is 23.2 Å². The quantitative estimate of drug-likeness (QED) is 0.599. The second kappa shape index (κ2) is 9.30. The SMILES string of the molecule is CSc1ccc(S(=O)(=O)NCc2ccc(Cl)cc2Cl)cc1NC(=O)C(C)C. The van der Waals surface area contributed by atoms with Crippen LogP contribution in [-0.4, -0.2) is 20.6 Å². The van der Waals surface area contributed by atoms with Crippen LogP contribution in [0.2, 0.25) is 10.0 Å². The summed E-state index contributed by atoms with van der Waals surface area (Å²) in [6.45, 7) is 3.56. The minimum absolute atomic E-state index is 0.0241. The summed E-state index contributed by atoms with van der Waals surface area (Å²) in [5.74, 6) is -0.397. The topological polar surface area (TPSA) is 75.3 Å². The molecule has 146 valence electrons. The Kier molecular flexibility index (Phi) is 7.59. The molecule has 0 aliphatic carbocycles. The molecule has 0 unspecified atom stereocenters. The number of carbonyl (C=O) groups is 1. The van der Waals surface area contributed by atoms with Crippen LogP contribution >= 0.6 is 35.0 Å². The fraction of sp³-hybridized carbons (Fsp3) is 0.278. The first-order chi connectivity index (χ1) is 12.6. The van der Waals surface area contributed by atoms with Gasteiger partial charge in [0.2, 0.25) is 15.9 Å². The molecule has 5 nitrogen and oxygen atoms in total. The minimum atomic E-state index is -3.79. The Balaban J connectivity index is 2.25. The Hall–Kier alpha value is -1.25. The largest absolute Gasteiger partial charge is 0.325 e. The van der Waals surface area contributed by atoms with Crippen molar-refractivity contribution in [2.45, 2.75) is 30.2 Å². The molecule has 27 heavy (non-hydrogen) atoms. The molecule has 0 fully saturated rings. The maximum atomic E-state index is 12.7. The lowest BCUT2D eigenvalue weighted by molar-refractivity contribution is -0.118. The molecule has 0 heterocycles. The van der Waals surface area contributed by atoms with Crippen LogP contribution in [0.3, 0.4) is 0 Å². The molecular formula is C18H20Cl2N2O3S2. The van der Waals surface area contributed by atoms with E-state index in [0.717, 1.165) is 4.90 Å². The maximum absolute atomic E-state index is 12.7. The lowest BCUT2D eigenvalue weighted by atomic mass is 10.2. The van der Waals surface area contributed by atoms with Crippen LogP contribution < -0.4 is 10.0 Å². The van der Waals surface area contributed by atoms with Crippen molar-refractivity contribution in [2.24, 2.45) is 5.92 Å². The van der Waals surface area contributed by atoms with Crippen molar-refractivity contribution in [1.82, 2.24) is 4.72 Å². The number of nitrogens with one attached hydrogen (secondary N) is 2. The predicted molar refractivity (Wildman–Crippen MR) is 112 cm³/mol. The van der Waals surface area contributed by atoms with E-state index in [2.05, 4.69) is 10.0 Å². The first kappa shape index (κ1) is 22.0. The lowest BCUT2D eigenvalue weighted by Gasteiger charge is -2.14. The third-order valence-corrected chi connectivity index (χ3v) is 6.51. The number of amides is 1. The van der Waals surface area contributed by atoms with Gasteiger partial charge in [-0.05, 0) is 42.2 Å². The fourth-order valence-corrected chi connectivity index (χ4v) is 4.19. The highest BCUT2D eigenvalue weighted by molar-refractivity contribution is 7.98. The van der Waals surface area contributed by atoms with E-state index in [1.54, 1.807) is 38.1 Å². The van der Waals surface area contributed by atoms with Crippen molar-refractivity contribution in [3.8, 4) is 0 Å². The molecule has 0 atom stereocenters. The molecule has 0 saturated carbocycles. The Morgan fingerprint density at radius 2 is 1.85 bits per heavy atom. The van der Waals surface area contributed by atoms with Gasteiger partial charge in [0, 0.05) is 27.4 Å². The van der Waals surface area contributed by atoms with E-state index in [1.165, 1.54) is 23.9 Å². The maximum Gasteiger partial charge on any atom is 0.240 e. The normalized spacial score (nSPS) is 11.6. The molecule has 0 aliphatic rings. The van der Waals surface area contributed by atoms with Gasteiger partial charge in [-0.1, -0.05) is 43.1 Å². The number of benzene rings is 2. The van der Waals surface area contributed by atoms with E-state index in [0.29, 0.717) is 21.3 Å². The number of anilines is 1. The van der Waals surface area contributed by atoms with E-state index in [-0.39, 0.29) is 23.3 Å². The van der Waals surface area contributed by atoms with Crippen LogP contribution in [0.5, 0.6) is 0 Å². The van der Waals surface area contributed by atoms with Gasteiger partial charge in [0.05, 0.1) is 10.6 Å². The Morgan fingerprint density at radius 3 is 2.44 bits per heavy atom. The Labute approximate surface area is 173 Å². The summed E-state index contributed by atoms with van der Waals surface area (Å²) in [6.07, 6.45) is 1.86. The third-order valence-electron chi connectivity index (χ3n) is 3.73. The highest BCUT2D eigenvalue weighted by atomic mass is 35.5. The van der Waals surface area contributed by atoms with Gasteiger partial charge in [-0.2, -0.15) is 0 Å². The third kappa shape index (κ3) is 5.86.